The lowest BCUT2D eigenvalue weighted by atomic mass is 9.99. The van der Waals surface area contributed by atoms with Crippen LogP contribution in [0.25, 0.3) is 17.0 Å². The number of rotatable bonds is 3. The lowest BCUT2D eigenvalue weighted by molar-refractivity contribution is -0.387. The largest absolute Gasteiger partial charge is 0.423 e. The monoisotopic (exact) mass is 314 g/mol. The molecule has 8 heteroatoms. The van der Waals surface area contributed by atoms with Crippen molar-refractivity contribution in [2.75, 3.05) is 0 Å². The fraction of sp³-hybridized carbons (Fsp3) is 0.286. The number of hydrogen-bond donors (Lipinski definition) is 2. The molecular weight excluding hydrogens is 301 g/mol. The Bertz CT molecular complexity index is 770. The third kappa shape index (κ3) is 2.57. The van der Waals surface area contributed by atoms with Gasteiger partial charge in [0.05, 0.1) is 16.2 Å². The minimum absolute atomic E-state index is 0.0462. The zero-order valence-corrected chi connectivity index (χ0v) is 11.8. The summed E-state index contributed by atoms with van der Waals surface area (Å²) >= 11 is 0. The van der Waals surface area contributed by atoms with Crippen LogP contribution in [0.2, 0.25) is 0 Å². The first kappa shape index (κ1) is 16.0. The smallest absolute Gasteiger partial charge is 0.384 e. The third-order valence-corrected chi connectivity index (χ3v) is 3.27. The van der Waals surface area contributed by atoms with Gasteiger partial charge in [0.2, 0.25) is 0 Å². The van der Waals surface area contributed by atoms with Gasteiger partial charge in [0.25, 0.3) is 5.69 Å². The van der Waals surface area contributed by atoms with Gasteiger partial charge < -0.3 is 10.1 Å². The van der Waals surface area contributed by atoms with E-state index in [0.29, 0.717) is 11.6 Å². The van der Waals surface area contributed by atoms with Gasteiger partial charge >= 0.3 is 6.18 Å². The molecule has 2 N–H and O–H groups in total. The van der Waals surface area contributed by atoms with Crippen molar-refractivity contribution in [3.05, 3.63) is 45.6 Å². The zero-order valence-electron chi connectivity index (χ0n) is 11.8. The Hall–Kier alpha value is -2.35. The van der Waals surface area contributed by atoms with E-state index >= 15 is 0 Å². The number of nitrogens with one attached hydrogen (secondary N) is 1. The van der Waals surface area contributed by atoms with Crippen LogP contribution in [0.15, 0.2) is 18.7 Å². The molecule has 0 bridgehead atoms. The van der Waals surface area contributed by atoms with Crippen molar-refractivity contribution in [3.8, 4) is 0 Å². The summed E-state index contributed by atoms with van der Waals surface area (Å²) in [6.45, 7) is 6.45. The molecule has 0 aliphatic carbocycles. The molecule has 0 radical (unpaired) electrons. The summed E-state index contributed by atoms with van der Waals surface area (Å²) in [5, 5.41) is 21.2. The first-order valence-corrected chi connectivity index (χ1v) is 6.23. The fourth-order valence-electron chi connectivity index (χ4n) is 2.32. The van der Waals surface area contributed by atoms with E-state index in [1.54, 1.807) is 0 Å². The van der Waals surface area contributed by atoms with Crippen LogP contribution in [0, 0.1) is 10.1 Å². The van der Waals surface area contributed by atoms with Gasteiger partial charge in [0.1, 0.15) is 5.56 Å². The number of nitrogens with zero attached hydrogens (tertiary/aromatic N) is 1. The van der Waals surface area contributed by atoms with E-state index in [4.69, 9.17) is 0 Å². The van der Waals surface area contributed by atoms with E-state index in [9.17, 15) is 28.4 Å². The predicted molar refractivity (Wildman–Crippen MR) is 75.3 cm³/mol. The maximum absolute atomic E-state index is 13.0. The van der Waals surface area contributed by atoms with E-state index in [-0.39, 0.29) is 16.6 Å². The van der Waals surface area contributed by atoms with Gasteiger partial charge in [-0.25, -0.2) is 0 Å². The van der Waals surface area contributed by atoms with Gasteiger partial charge in [-0.05, 0) is 19.9 Å². The highest BCUT2D eigenvalue weighted by molar-refractivity contribution is 5.93. The average Bonchev–Trinajstić information content (AvgIpc) is 2.73. The molecule has 0 unspecified atom stereocenters. The molecule has 2 aromatic rings. The predicted octanol–water partition coefficient (Wildman–Crippen LogP) is 3.97. The van der Waals surface area contributed by atoms with Crippen LogP contribution >= 0.6 is 0 Å². The second kappa shape index (κ2) is 4.84. The van der Waals surface area contributed by atoms with E-state index in [0.717, 1.165) is 6.07 Å². The Morgan fingerprint density at radius 1 is 1.36 bits per heavy atom. The van der Waals surface area contributed by atoms with Crippen molar-refractivity contribution >= 4 is 22.7 Å². The van der Waals surface area contributed by atoms with Gasteiger partial charge in [0.15, 0.2) is 0 Å². The van der Waals surface area contributed by atoms with Crippen molar-refractivity contribution in [2.45, 2.75) is 25.6 Å². The molecule has 0 amide bonds. The molecule has 0 atom stereocenters. The molecule has 1 aromatic carbocycles. The van der Waals surface area contributed by atoms with E-state index in [2.05, 4.69) is 11.6 Å². The topological polar surface area (TPSA) is 79.2 Å². The van der Waals surface area contributed by atoms with Crippen LogP contribution in [0.4, 0.5) is 18.9 Å². The Labute approximate surface area is 123 Å². The minimum atomic E-state index is -4.86. The number of H-pyrrole nitrogens is 1. The Morgan fingerprint density at radius 2 is 1.95 bits per heavy atom. The van der Waals surface area contributed by atoms with E-state index in [1.807, 2.05) is 0 Å². The molecule has 0 fully saturated rings. The van der Waals surface area contributed by atoms with Crippen molar-refractivity contribution < 1.29 is 23.2 Å². The normalized spacial score (nSPS) is 12.6. The van der Waals surface area contributed by atoms with Gasteiger partial charge in [-0.1, -0.05) is 12.7 Å². The van der Waals surface area contributed by atoms with Crippen molar-refractivity contribution in [2.24, 2.45) is 0 Å². The molecule has 0 spiro atoms. The maximum Gasteiger partial charge on any atom is 0.423 e. The standard InChI is InChI=1S/C14H13F3N2O3/c1-4-7-8-5-11(19(21)22)9(14(15,16)17)6-10(8)18-12(7)13(2,3)20/h4-6,18,20H,1H2,2-3H3. The lowest BCUT2D eigenvalue weighted by Crippen LogP contribution is -2.17. The van der Waals surface area contributed by atoms with Crippen LogP contribution in [0.1, 0.15) is 30.7 Å². The summed E-state index contributed by atoms with van der Waals surface area (Å²) in [6.07, 6.45) is -3.52. The number of nitro benzene ring substituents is 1. The van der Waals surface area contributed by atoms with Gasteiger partial charge in [0, 0.05) is 22.5 Å². The number of alkyl halides is 3. The first-order chi connectivity index (χ1) is 9.96. The Morgan fingerprint density at radius 3 is 2.36 bits per heavy atom. The summed E-state index contributed by atoms with van der Waals surface area (Å²) < 4.78 is 38.9. The molecular formula is C14H13F3N2O3. The number of aromatic nitrogens is 1. The zero-order chi connectivity index (χ0) is 16.9. The number of aromatic amines is 1. The number of aliphatic hydroxyl groups is 1. The second-order valence-corrected chi connectivity index (χ2v) is 5.35. The summed E-state index contributed by atoms with van der Waals surface area (Å²) in [5.74, 6) is 0. The van der Waals surface area contributed by atoms with Gasteiger partial charge in [-0.3, -0.25) is 10.1 Å². The van der Waals surface area contributed by atoms with Crippen LogP contribution in [-0.4, -0.2) is 15.0 Å². The number of nitro groups is 1. The summed E-state index contributed by atoms with van der Waals surface area (Å²) in [5.41, 5.74) is -3.13. The lowest BCUT2D eigenvalue weighted by Gasteiger charge is -2.16. The number of hydrogen-bond acceptors (Lipinski definition) is 3. The molecule has 22 heavy (non-hydrogen) atoms. The summed E-state index contributed by atoms with van der Waals surface area (Å²) in [4.78, 5) is 12.5. The second-order valence-electron chi connectivity index (χ2n) is 5.35. The highest BCUT2D eigenvalue weighted by atomic mass is 19.4. The first-order valence-electron chi connectivity index (χ1n) is 6.23. The van der Waals surface area contributed by atoms with Crippen LogP contribution in [0.3, 0.4) is 0 Å². The average molecular weight is 314 g/mol. The Balaban J connectivity index is 2.91. The van der Waals surface area contributed by atoms with Crippen LogP contribution < -0.4 is 0 Å². The molecule has 1 aromatic heterocycles. The highest BCUT2D eigenvalue weighted by Gasteiger charge is 2.39. The molecule has 0 aliphatic rings. The SMILES string of the molecule is C=Cc1c(C(C)(C)O)[nH]c2cc(C(F)(F)F)c([N+](=O)[O-])cc12. The maximum atomic E-state index is 13.0. The molecule has 5 nitrogen and oxygen atoms in total. The molecule has 1 heterocycles. The molecule has 118 valence electrons. The van der Waals surface area contributed by atoms with E-state index in [1.165, 1.54) is 19.9 Å². The van der Waals surface area contributed by atoms with Crippen molar-refractivity contribution in [1.29, 1.82) is 0 Å². The molecule has 0 saturated heterocycles. The summed E-state index contributed by atoms with van der Waals surface area (Å²) in [6, 6.07) is 1.52. The van der Waals surface area contributed by atoms with Gasteiger partial charge in [-0.15, -0.1) is 0 Å². The minimum Gasteiger partial charge on any atom is -0.384 e. The van der Waals surface area contributed by atoms with Crippen molar-refractivity contribution in [1.82, 2.24) is 4.98 Å². The van der Waals surface area contributed by atoms with Gasteiger partial charge in [-0.2, -0.15) is 13.2 Å². The summed E-state index contributed by atoms with van der Waals surface area (Å²) in [7, 11) is 0. The number of benzene rings is 1. The van der Waals surface area contributed by atoms with E-state index < -0.39 is 28.0 Å². The number of halogens is 3. The van der Waals surface area contributed by atoms with Crippen LogP contribution in [0.5, 0.6) is 0 Å². The number of fused-ring (bicyclic) bond motifs is 1. The third-order valence-electron chi connectivity index (χ3n) is 3.27. The fourth-order valence-corrected chi connectivity index (χ4v) is 2.32. The van der Waals surface area contributed by atoms with Crippen LogP contribution in [-0.2, 0) is 11.8 Å². The molecule has 0 aliphatic heterocycles. The molecule has 0 saturated carbocycles. The Kier molecular flexibility index (Phi) is 3.53. The highest BCUT2D eigenvalue weighted by Crippen LogP contribution is 2.41. The van der Waals surface area contributed by atoms with Crippen molar-refractivity contribution in [3.63, 3.8) is 0 Å². The molecule has 2 rings (SSSR count). The quantitative estimate of drug-likeness (QED) is 0.664.